The molecule has 76 valence electrons. The standard InChI is InChI=1S/C11H10N2O2/c14-11(15)9-5-7-8(13-9)2-1-6-3-4-12-10(6)7/h1-2,5,12-13H,3-4H2,(H,14,15). The van der Waals surface area contributed by atoms with E-state index >= 15 is 0 Å². The summed E-state index contributed by atoms with van der Waals surface area (Å²) in [6, 6.07) is 5.67. The quantitative estimate of drug-likeness (QED) is 0.661. The van der Waals surface area contributed by atoms with E-state index in [1.807, 2.05) is 12.1 Å². The average molecular weight is 202 g/mol. The lowest BCUT2D eigenvalue weighted by molar-refractivity contribution is 0.0691. The fourth-order valence-electron chi connectivity index (χ4n) is 2.10. The van der Waals surface area contributed by atoms with Gasteiger partial charge in [-0.2, -0.15) is 0 Å². The average Bonchev–Trinajstić information content (AvgIpc) is 2.82. The number of carbonyl (C=O) groups is 1. The Morgan fingerprint density at radius 3 is 3.07 bits per heavy atom. The summed E-state index contributed by atoms with van der Waals surface area (Å²) < 4.78 is 0. The molecule has 2 heterocycles. The number of anilines is 1. The topological polar surface area (TPSA) is 65.1 Å². The molecule has 3 rings (SSSR count). The third kappa shape index (κ3) is 1.11. The van der Waals surface area contributed by atoms with Gasteiger partial charge in [0.25, 0.3) is 0 Å². The Balaban J connectivity index is 2.31. The summed E-state index contributed by atoms with van der Waals surface area (Å²) in [5.74, 6) is -0.919. The zero-order valence-electron chi connectivity index (χ0n) is 8.00. The van der Waals surface area contributed by atoms with Crippen LogP contribution in [0.4, 0.5) is 5.69 Å². The van der Waals surface area contributed by atoms with E-state index in [1.165, 1.54) is 5.56 Å². The zero-order chi connectivity index (χ0) is 10.4. The maximum atomic E-state index is 10.8. The van der Waals surface area contributed by atoms with E-state index in [0.717, 1.165) is 29.6 Å². The van der Waals surface area contributed by atoms with Crippen molar-refractivity contribution >= 4 is 22.6 Å². The van der Waals surface area contributed by atoms with Gasteiger partial charge >= 0.3 is 5.97 Å². The maximum Gasteiger partial charge on any atom is 0.352 e. The Labute approximate surface area is 85.9 Å². The lowest BCUT2D eigenvalue weighted by atomic mass is 10.1. The van der Waals surface area contributed by atoms with Crippen LogP contribution in [0.25, 0.3) is 10.9 Å². The molecule has 0 amide bonds. The Kier molecular flexibility index (Phi) is 1.54. The summed E-state index contributed by atoms with van der Waals surface area (Å²) in [5.41, 5.74) is 3.46. The summed E-state index contributed by atoms with van der Waals surface area (Å²) in [5, 5.41) is 13.1. The van der Waals surface area contributed by atoms with Gasteiger partial charge in [0.2, 0.25) is 0 Å². The van der Waals surface area contributed by atoms with Gasteiger partial charge in [-0.15, -0.1) is 0 Å². The molecule has 3 N–H and O–H groups in total. The molecule has 15 heavy (non-hydrogen) atoms. The number of aromatic amines is 1. The summed E-state index contributed by atoms with van der Waals surface area (Å²) in [6.07, 6.45) is 1.01. The number of carboxylic acids is 1. The Morgan fingerprint density at radius 1 is 1.40 bits per heavy atom. The van der Waals surface area contributed by atoms with Crippen molar-refractivity contribution < 1.29 is 9.90 Å². The third-order valence-electron chi connectivity index (χ3n) is 2.82. The van der Waals surface area contributed by atoms with Gasteiger partial charge in [0.1, 0.15) is 5.69 Å². The van der Waals surface area contributed by atoms with Crippen molar-refractivity contribution in [1.82, 2.24) is 4.98 Å². The Bertz CT molecular complexity index is 557. The number of H-pyrrole nitrogens is 1. The molecule has 0 saturated heterocycles. The van der Waals surface area contributed by atoms with Gasteiger partial charge in [-0.05, 0) is 24.1 Å². The van der Waals surface area contributed by atoms with Crippen LogP contribution in [0.2, 0.25) is 0 Å². The lowest BCUT2D eigenvalue weighted by Crippen LogP contribution is -1.94. The molecule has 0 fully saturated rings. The van der Waals surface area contributed by atoms with E-state index in [4.69, 9.17) is 5.11 Å². The van der Waals surface area contributed by atoms with Crippen LogP contribution in [0.3, 0.4) is 0 Å². The second kappa shape index (κ2) is 2.76. The molecule has 0 spiro atoms. The molecular weight excluding hydrogens is 192 g/mol. The first-order chi connectivity index (χ1) is 7.25. The van der Waals surface area contributed by atoms with Crippen LogP contribution in [0, 0.1) is 0 Å². The lowest BCUT2D eigenvalue weighted by Gasteiger charge is -2.00. The van der Waals surface area contributed by atoms with Crippen molar-refractivity contribution in [3.63, 3.8) is 0 Å². The minimum atomic E-state index is -0.919. The Hall–Kier alpha value is -1.97. The maximum absolute atomic E-state index is 10.8. The van der Waals surface area contributed by atoms with Crippen LogP contribution in [0.1, 0.15) is 16.1 Å². The van der Waals surface area contributed by atoms with Gasteiger partial charge in [0.05, 0.1) is 0 Å². The highest BCUT2D eigenvalue weighted by atomic mass is 16.4. The van der Waals surface area contributed by atoms with Gasteiger partial charge in [-0.1, -0.05) is 6.07 Å². The fourth-order valence-corrected chi connectivity index (χ4v) is 2.10. The van der Waals surface area contributed by atoms with Crippen LogP contribution in [-0.4, -0.2) is 22.6 Å². The van der Waals surface area contributed by atoms with Crippen LogP contribution in [0.5, 0.6) is 0 Å². The molecule has 1 aromatic heterocycles. The highest BCUT2D eigenvalue weighted by Gasteiger charge is 2.16. The van der Waals surface area contributed by atoms with Gasteiger partial charge in [0, 0.05) is 23.1 Å². The van der Waals surface area contributed by atoms with E-state index in [1.54, 1.807) is 6.07 Å². The number of aromatic carboxylic acids is 1. The number of rotatable bonds is 1. The molecule has 0 saturated carbocycles. The van der Waals surface area contributed by atoms with Gasteiger partial charge in [0.15, 0.2) is 0 Å². The van der Waals surface area contributed by atoms with Crippen molar-refractivity contribution in [2.24, 2.45) is 0 Å². The molecule has 0 aliphatic carbocycles. The summed E-state index contributed by atoms with van der Waals surface area (Å²) in [6.45, 7) is 0.933. The molecule has 0 radical (unpaired) electrons. The predicted molar refractivity (Wildman–Crippen MR) is 57.5 cm³/mol. The van der Waals surface area contributed by atoms with E-state index in [0.29, 0.717) is 0 Å². The fraction of sp³-hybridized carbons (Fsp3) is 0.182. The Morgan fingerprint density at radius 2 is 2.27 bits per heavy atom. The zero-order valence-corrected chi connectivity index (χ0v) is 8.00. The molecule has 2 aromatic rings. The minimum absolute atomic E-state index is 0.243. The molecule has 0 bridgehead atoms. The molecule has 1 aliphatic rings. The SMILES string of the molecule is O=C(O)c1cc2c3c(ccc2[nH]1)CCN3. The van der Waals surface area contributed by atoms with Crippen molar-refractivity contribution in [1.29, 1.82) is 0 Å². The van der Waals surface area contributed by atoms with E-state index in [9.17, 15) is 4.79 Å². The van der Waals surface area contributed by atoms with Crippen LogP contribution in [0.15, 0.2) is 18.2 Å². The summed E-state index contributed by atoms with van der Waals surface area (Å²) >= 11 is 0. The van der Waals surface area contributed by atoms with Gasteiger partial charge in [-0.25, -0.2) is 4.79 Å². The van der Waals surface area contributed by atoms with Crippen molar-refractivity contribution in [2.75, 3.05) is 11.9 Å². The normalized spacial score (nSPS) is 13.9. The van der Waals surface area contributed by atoms with E-state index in [2.05, 4.69) is 10.3 Å². The minimum Gasteiger partial charge on any atom is -0.477 e. The van der Waals surface area contributed by atoms with Crippen LogP contribution in [-0.2, 0) is 6.42 Å². The predicted octanol–water partition coefficient (Wildman–Crippen LogP) is 1.83. The summed E-state index contributed by atoms with van der Waals surface area (Å²) in [4.78, 5) is 13.7. The van der Waals surface area contributed by atoms with Crippen molar-refractivity contribution in [3.05, 3.63) is 29.5 Å². The van der Waals surface area contributed by atoms with E-state index < -0.39 is 5.97 Å². The number of fused-ring (bicyclic) bond motifs is 3. The third-order valence-corrected chi connectivity index (χ3v) is 2.82. The second-order valence-electron chi connectivity index (χ2n) is 3.73. The van der Waals surface area contributed by atoms with E-state index in [-0.39, 0.29) is 5.69 Å². The monoisotopic (exact) mass is 202 g/mol. The number of benzene rings is 1. The van der Waals surface area contributed by atoms with Gasteiger partial charge < -0.3 is 15.4 Å². The van der Waals surface area contributed by atoms with Gasteiger partial charge in [-0.3, -0.25) is 0 Å². The summed E-state index contributed by atoms with van der Waals surface area (Å²) in [7, 11) is 0. The highest BCUT2D eigenvalue weighted by molar-refractivity contribution is 6.00. The molecule has 1 aliphatic heterocycles. The first-order valence-electron chi connectivity index (χ1n) is 4.87. The number of nitrogens with one attached hydrogen (secondary N) is 2. The largest absolute Gasteiger partial charge is 0.477 e. The van der Waals surface area contributed by atoms with Crippen molar-refractivity contribution in [2.45, 2.75) is 6.42 Å². The highest BCUT2D eigenvalue weighted by Crippen LogP contribution is 2.31. The molecule has 0 unspecified atom stereocenters. The second-order valence-corrected chi connectivity index (χ2v) is 3.73. The van der Waals surface area contributed by atoms with Crippen LogP contribution < -0.4 is 5.32 Å². The smallest absolute Gasteiger partial charge is 0.352 e. The molecular formula is C11H10N2O2. The molecule has 1 aromatic carbocycles. The van der Waals surface area contributed by atoms with Crippen molar-refractivity contribution in [3.8, 4) is 0 Å². The number of hydrogen-bond donors (Lipinski definition) is 3. The number of hydrogen-bond acceptors (Lipinski definition) is 2. The van der Waals surface area contributed by atoms with Crippen LogP contribution >= 0.6 is 0 Å². The molecule has 4 heteroatoms. The number of carboxylic acid groups (broad SMARTS) is 1. The number of aromatic nitrogens is 1. The first-order valence-corrected chi connectivity index (χ1v) is 4.87. The molecule has 0 atom stereocenters. The first kappa shape index (κ1) is 8.35. The molecule has 4 nitrogen and oxygen atoms in total.